The topological polar surface area (TPSA) is 148 Å². The molecular formula is C24H21BiO9. The van der Waals surface area contributed by atoms with Crippen molar-refractivity contribution < 1.29 is 43.9 Å². The average molecular weight is 662 g/mol. The van der Waals surface area contributed by atoms with Crippen molar-refractivity contribution in [3.05, 3.63) is 89.5 Å². The quantitative estimate of drug-likeness (QED) is 0.327. The number of benzene rings is 3. The van der Waals surface area contributed by atoms with Crippen LogP contribution in [0.15, 0.2) is 72.8 Å². The van der Waals surface area contributed by atoms with Crippen molar-refractivity contribution in [2.24, 2.45) is 0 Å². The summed E-state index contributed by atoms with van der Waals surface area (Å²) in [5.41, 5.74) is 0.236. The summed E-state index contributed by atoms with van der Waals surface area (Å²) in [5, 5.41) is 31.2. The van der Waals surface area contributed by atoms with Crippen LogP contribution in [-0.4, -0.2) is 65.4 Å². The van der Waals surface area contributed by atoms with Gasteiger partial charge in [-0.2, -0.15) is 0 Å². The summed E-state index contributed by atoms with van der Waals surface area (Å²) in [5.74, 6) is -2.68. The van der Waals surface area contributed by atoms with Crippen LogP contribution in [0.2, 0.25) is 0 Å². The van der Waals surface area contributed by atoms with Gasteiger partial charge < -0.3 is 43.9 Å². The number of carboxylic acid groups (broad SMARTS) is 3. The van der Waals surface area contributed by atoms with E-state index >= 15 is 0 Å². The average Bonchev–Trinajstić information content (AvgIpc) is 2.84. The van der Waals surface area contributed by atoms with E-state index in [0.717, 1.165) is 0 Å². The number of carboxylic acids is 3. The van der Waals surface area contributed by atoms with Crippen LogP contribution in [0.5, 0.6) is 17.2 Å². The Morgan fingerprint density at radius 1 is 0.500 bits per heavy atom. The number of carbonyl (C=O) groups excluding carboxylic acids is 3. The van der Waals surface area contributed by atoms with Crippen molar-refractivity contribution in [3.8, 4) is 17.2 Å². The van der Waals surface area contributed by atoms with E-state index in [1.165, 1.54) is 39.5 Å². The Hall–Kier alpha value is -3.65. The third-order valence-electron chi connectivity index (χ3n) is 3.98. The van der Waals surface area contributed by atoms with E-state index in [1.54, 1.807) is 54.6 Å². The molecule has 0 heterocycles. The third kappa shape index (κ3) is 9.46. The van der Waals surface area contributed by atoms with Crippen LogP contribution < -0.4 is 29.5 Å². The molecule has 0 amide bonds. The minimum Gasteiger partial charge on any atom is -0.545 e. The molecule has 0 bridgehead atoms. The van der Waals surface area contributed by atoms with Gasteiger partial charge in [-0.25, -0.2) is 0 Å². The van der Waals surface area contributed by atoms with Crippen molar-refractivity contribution in [2.75, 3.05) is 21.3 Å². The first-order valence-corrected chi connectivity index (χ1v) is 9.29. The summed E-state index contributed by atoms with van der Waals surface area (Å²) >= 11 is 0. The molecule has 0 aliphatic carbocycles. The predicted molar refractivity (Wildman–Crippen MR) is 118 cm³/mol. The van der Waals surface area contributed by atoms with Gasteiger partial charge in [0.1, 0.15) is 17.2 Å². The van der Waals surface area contributed by atoms with Gasteiger partial charge in [0.2, 0.25) is 0 Å². The maximum Gasteiger partial charge on any atom is 3.00 e. The van der Waals surface area contributed by atoms with Gasteiger partial charge in [0.15, 0.2) is 0 Å². The zero-order chi connectivity index (χ0) is 24.8. The number of hydrogen-bond donors (Lipinski definition) is 0. The first-order valence-electron chi connectivity index (χ1n) is 9.29. The Morgan fingerprint density at radius 2 is 0.706 bits per heavy atom. The molecule has 0 spiro atoms. The molecule has 3 rings (SSSR count). The first kappa shape index (κ1) is 30.4. The molecule has 0 saturated heterocycles. The second-order valence-corrected chi connectivity index (χ2v) is 5.96. The van der Waals surface area contributed by atoms with Crippen molar-refractivity contribution >= 4 is 44.1 Å². The van der Waals surface area contributed by atoms with Gasteiger partial charge in [-0.05, 0) is 36.4 Å². The van der Waals surface area contributed by atoms with E-state index in [1.807, 2.05) is 0 Å². The van der Waals surface area contributed by atoms with E-state index in [-0.39, 0.29) is 42.9 Å². The van der Waals surface area contributed by atoms with Gasteiger partial charge in [-0.15, -0.1) is 0 Å². The standard InChI is InChI=1S/3C8H8O3.Bi/c3*1-11-7-5-3-2-4-6(7)8(9)10;/h3*2-5H,1H3,(H,9,10);/q;;;+3/p-3. The zero-order valence-corrected chi connectivity index (χ0v) is 22.0. The molecule has 0 saturated carbocycles. The van der Waals surface area contributed by atoms with Gasteiger partial charge in [0.05, 0.1) is 39.2 Å². The smallest absolute Gasteiger partial charge is 0.545 e. The molecular weight excluding hydrogens is 641 g/mol. The first-order chi connectivity index (χ1) is 15.8. The number of methoxy groups -OCH3 is 3. The molecule has 2 radical (unpaired) electrons. The molecule has 10 heteroatoms. The van der Waals surface area contributed by atoms with Gasteiger partial charge in [-0.3, -0.25) is 0 Å². The van der Waals surface area contributed by atoms with E-state index in [0.29, 0.717) is 17.2 Å². The summed E-state index contributed by atoms with van der Waals surface area (Å²) in [7, 11) is 4.26. The fraction of sp³-hybridized carbons (Fsp3) is 0.125. The van der Waals surface area contributed by atoms with Crippen LogP contribution >= 0.6 is 0 Å². The Kier molecular flexibility index (Phi) is 14.3. The number of hydrogen-bond acceptors (Lipinski definition) is 9. The van der Waals surface area contributed by atoms with Crippen LogP contribution in [0, 0.1) is 0 Å². The molecule has 0 fully saturated rings. The number of carbonyl (C=O) groups is 3. The number of ether oxygens (including phenoxy) is 3. The normalized spacial score (nSPS) is 8.91. The largest absolute Gasteiger partial charge is 3.00 e. The van der Waals surface area contributed by atoms with Gasteiger partial charge in [0.25, 0.3) is 0 Å². The third-order valence-corrected chi connectivity index (χ3v) is 3.98. The summed E-state index contributed by atoms with van der Waals surface area (Å²) < 4.78 is 14.4. The van der Waals surface area contributed by atoms with Crippen molar-refractivity contribution in [1.29, 1.82) is 0 Å². The second-order valence-electron chi connectivity index (χ2n) is 5.96. The summed E-state index contributed by atoms with van der Waals surface area (Å²) in [6.07, 6.45) is 0. The maximum atomic E-state index is 10.4. The molecule has 9 nitrogen and oxygen atoms in total. The minimum absolute atomic E-state index is 0. The number of rotatable bonds is 6. The van der Waals surface area contributed by atoms with E-state index < -0.39 is 17.9 Å². The Morgan fingerprint density at radius 3 is 0.853 bits per heavy atom. The number of para-hydroxylation sites is 3. The molecule has 0 aliphatic rings. The molecule has 0 unspecified atom stereocenters. The summed E-state index contributed by atoms with van der Waals surface area (Å²) in [6.45, 7) is 0. The zero-order valence-electron chi connectivity index (χ0n) is 18.5. The van der Waals surface area contributed by atoms with Crippen molar-refractivity contribution in [1.82, 2.24) is 0 Å². The Balaban J connectivity index is 0.000000473. The van der Waals surface area contributed by atoms with Gasteiger partial charge in [0, 0.05) is 16.7 Å². The molecule has 0 N–H and O–H groups in total. The van der Waals surface area contributed by atoms with E-state index in [4.69, 9.17) is 14.2 Å². The van der Waals surface area contributed by atoms with Crippen molar-refractivity contribution in [2.45, 2.75) is 0 Å². The second kappa shape index (κ2) is 16.0. The maximum absolute atomic E-state index is 10.4. The summed E-state index contributed by atoms with van der Waals surface area (Å²) in [4.78, 5) is 31.2. The predicted octanol–water partition coefficient (Wildman–Crippen LogP) is -0.205. The molecule has 3 aromatic carbocycles. The van der Waals surface area contributed by atoms with Gasteiger partial charge in [-0.1, -0.05) is 36.4 Å². The van der Waals surface area contributed by atoms with E-state index in [9.17, 15) is 29.7 Å². The molecule has 34 heavy (non-hydrogen) atoms. The Bertz CT molecular complexity index is 947. The fourth-order valence-electron chi connectivity index (χ4n) is 2.44. The molecule has 176 valence electrons. The van der Waals surface area contributed by atoms with Crippen LogP contribution in [0.3, 0.4) is 0 Å². The van der Waals surface area contributed by atoms with Crippen molar-refractivity contribution in [3.63, 3.8) is 0 Å². The van der Waals surface area contributed by atoms with Gasteiger partial charge >= 0.3 is 26.2 Å². The van der Waals surface area contributed by atoms with Crippen LogP contribution in [-0.2, 0) is 0 Å². The van der Waals surface area contributed by atoms with Crippen LogP contribution in [0.4, 0.5) is 0 Å². The van der Waals surface area contributed by atoms with E-state index in [2.05, 4.69) is 0 Å². The van der Waals surface area contributed by atoms with Crippen LogP contribution in [0.25, 0.3) is 0 Å². The Labute approximate surface area is 215 Å². The monoisotopic (exact) mass is 662 g/mol. The number of aromatic carboxylic acids is 3. The summed E-state index contributed by atoms with van der Waals surface area (Å²) in [6, 6.07) is 19.0. The molecule has 3 aromatic rings. The molecule has 0 aliphatic heterocycles. The minimum atomic E-state index is -1.22. The SMILES string of the molecule is COc1ccccc1C(=O)[O-].COc1ccccc1C(=O)[O-].COc1ccccc1C(=O)[O-].[Bi+3]. The molecule has 0 atom stereocenters. The van der Waals surface area contributed by atoms with Crippen LogP contribution in [0.1, 0.15) is 31.1 Å². The fourth-order valence-corrected chi connectivity index (χ4v) is 2.44. The molecule has 0 aromatic heterocycles.